The molecule has 4 nitrogen and oxygen atoms in total. The van der Waals surface area contributed by atoms with Crippen LogP contribution in [0.2, 0.25) is 10.0 Å². The van der Waals surface area contributed by atoms with Gasteiger partial charge >= 0.3 is 0 Å². The molecule has 1 amide bonds. The van der Waals surface area contributed by atoms with Gasteiger partial charge in [0.15, 0.2) is 0 Å². The second-order valence-corrected chi connectivity index (χ2v) is 7.03. The second-order valence-electron chi connectivity index (χ2n) is 6.19. The van der Waals surface area contributed by atoms with Crippen molar-refractivity contribution in [2.45, 2.75) is 13.5 Å². The van der Waals surface area contributed by atoms with Gasteiger partial charge in [0.05, 0.1) is 7.11 Å². The van der Waals surface area contributed by atoms with E-state index in [1.54, 1.807) is 61.7 Å². The van der Waals surface area contributed by atoms with Crippen molar-refractivity contribution in [1.29, 1.82) is 0 Å². The molecule has 0 aliphatic heterocycles. The Labute approximate surface area is 174 Å². The molecule has 0 aromatic heterocycles. The fraction of sp³-hybridized carbons (Fsp3) is 0.136. The summed E-state index contributed by atoms with van der Waals surface area (Å²) in [6.07, 6.45) is 0. The normalized spacial score (nSPS) is 10.4. The molecule has 0 spiro atoms. The molecule has 0 saturated heterocycles. The zero-order valence-electron chi connectivity index (χ0n) is 15.5. The number of benzene rings is 3. The molecule has 0 atom stereocenters. The number of carbonyl (C=O) groups is 1. The Morgan fingerprint density at radius 2 is 1.75 bits per heavy atom. The molecule has 0 bridgehead atoms. The molecule has 3 aromatic rings. The molecule has 0 heterocycles. The van der Waals surface area contributed by atoms with Crippen LogP contribution in [0.3, 0.4) is 0 Å². The van der Waals surface area contributed by atoms with Crippen LogP contribution in [0, 0.1) is 6.92 Å². The third-order valence-electron chi connectivity index (χ3n) is 4.17. The Kier molecular flexibility index (Phi) is 6.45. The molecule has 0 unspecified atom stereocenters. The quantitative estimate of drug-likeness (QED) is 0.525. The first-order valence-corrected chi connectivity index (χ1v) is 9.34. The summed E-state index contributed by atoms with van der Waals surface area (Å²) in [4.78, 5) is 12.6. The number of ether oxygens (including phenoxy) is 2. The average molecular weight is 416 g/mol. The van der Waals surface area contributed by atoms with Crippen molar-refractivity contribution >= 4 is 34.8 Å². The maximum Gasteiger partial charge on any atom is 0.255 e. The highest BCUT2D eigenvalue weighted by Gasteiger charge is 2.12. The van der Waals surface area contributed by atoms with Gasteiger partial charge in [0.25, 0.3) is 5.91 Å². The molecule has 0 saturated carbocycles. The zero-order valence-corrected chi connectivity index (χ0v) is 17.0. The van der Waals surface area contributed by atoms with Crippen molar-refractivity contribution in [3.63, 3.8) is 0 Å². The van der Waals surface area contributed by atoms with Crippen LogP contribution in [-0.4, -0.2) is 13.0 Å². The third kappa shape index (κ3) is 4.97. The van der Waals surface area contributed by atoms with Crippen LogP contribution in [-0.2, 0) is 6.61 Å². The van der Waals surface area contributed by atoms with E-state index in [0.29, 0.717) is 32.8 Å². The summed E-state index contributed by atoms with van der Waals surface area (Å²) in [6.45, 7) is 2.17. The van der Waals surface area contributed by atoms with Crippen molar-refractivity contribution in [2.24, 2.45) is 0 Å². The van der Waals surface area contributed by atoms with E-state index in [0.717, 1.165) is 11.1 Å². The lowest BCUT2D eigenvalue weighted by Gasteiger charge is -2.13. The summed E-state index contributed by atoms with van der Waals surface area (Å²) in [7, 11) is 1.58. The van der Waals surface area contributed by atoms with E-state index >= 15 is 0 Å². The van der Waals surface area contributed by atoms with Gasteiger partial charge in [-0.05, 0) is 73.2 Å². The van der Waals surface area contributed by atoms with Crippen LogP contribution in [0.4, 0.5) is 5.69 Å². The molecule has 3 aromatic carbocycles. The first kappa shape index (κ1) is 20.1. The van der Waals surface area contributed by atoms with E-state index in [2.05, 4.69) is 5.32 Å². The Morgan fingerprint density at radius 3 is 2.43 bits per heavy atom. The average Bonchev–Trinajstić information content (AvgIpc) is 2.70. The number of carbonyl (C=O) groups excluding carboxylic acids is 1. The largest absolute Gasteiger partial charge is 0.496 e. The summed E-state index contributed by atoms with van der Waals surface area (Å²) in [5.74, 6) is 1.11. The van der Waals surface area contributed by atoms with E-state index < -0.39 is 0 Å². The maximum atomic E-state index is 12.6. The highest BCUT2D eigenvalue weighted by atomic mass is 35.5. The van der Waals surface area contributed by atoms with Crippen LogP contribution in [0.1, 0.15) is 21.5 Å². The fourth-order valence-electron chi connectivity index (χ4n) is 2.64. The van der Waals surface area contributed by atoms with Crippen molar-refractivity contribution in [2.75, 3.05) is 12.4 Å². The van der Waals surface area contributed by atoms with Gasteiger partial charge < -0.3 is 14.8 Å². The SMILES string of the molecule is COc1ccc(C(=O)Nc2ccc(Cl)cc2)cc1COc1ccc(Cl)c(C)c1. The third-order valence-corrected chi connectivity index (χ3v) is 4.84. The standard InChI is InChI=1S/C22H19Cl2NO3/c1-14-11-19(8-9-20(14)24)28-13-16-12-15(3-10-21(16)27-2)22(26)25-18-6-4-17(23)5-7-18/h3-12H,13H2,1-2H3,(H,25,26). The molecule has 0 aliphatic carbocycles. The highest BCUT2D eigenvalue weighted by molar-refractivity contribution is 6.31. The van der Waals surface area contributed by atoms with Gasteiger partial charge in [-0.15, -0.1) is 0 Å². The molecule has 1 N–H and O–H groups in total. The van der Waals surface area contributed by atoms with E-state index in [1.807, 2.05) is 13.0 Å². The minimum atomic E-state index is -0.228. The van der Waals surface area contributed by atoms with Crippen LogP contribution in [0.15, 0.2) is 60.7 Å². The van der Waals surface area contributed by atoms with Crippen LogP contribution in [0.25, 0.3) is 0 Å². The number of methoxy groups -OCH3 is 1. The van der Waals surface area contributed by atoms with Gasteiger partial charge in [0.1, 0.15) is 18.1 Å². The molecule has 144 valence electrons. The molecule has 6 heteroatoms. The van der Waals surface area contributed by atoms with Crippen molar-refractivity contribution < 1.29 is 14.3 Å². The van der Waals surface area contributed by atoms with Crippen LogP contribution < -0.4 is 14.8 Å². The highest BCUT2D eigenvalue weighted by Crippen LogP contribution is 2.25. The lowest BCUT2D eigenvalue weighted by molar-refractivity contribution is 0.102. The summed E-state index contributed by atoms with van der Waals surface area (Å²) in [5, 5.41) is 4.14. The Hall–Kier alpha value is -2.69. The number of rotatable bonds is 6. The Morgan fingerprint density at radius 1 is 1.00 bits per heavy atom. The Balaban J connectivity index is 1.76. The van der Waals surface area contributed by atoms with Gasteiger partial charge in [0, 0.05) is 26.9 Å². The Bertz CT molecular complexity index is 988. The van der Waals surface area contributed by atoms with Gasteiger partial charge in [-0.3, -0.25) is 4.79 Å². The zero-order chi connectivity index (χ0) is 20.1. The predicted octanol–water partition coefficient (Wildman–Crippen LogP) is 6.14. The number of amides is 1. The van der Waals surface area contributed by atoms with Gasteiger partial charge in [-0.25, -0.2) is 0 Å². The molecular weight excluding hydrogens is 397 g/mol. The molecule has 0 radical (unpaired) electrons. The number of hydrogen-bond acceptors (Lipinski definition) is 3. The maximum absolute atomic E-state index is 12.6. The summed E-state index contributed by atoms with van der Waals surface area (Å²) in [6, 6.07) is 17.6. The van der Waals surface area contributed by atoms with Crippen LogP contribution in [0.5, 0.6) is 11.5 Å². The van der Waals surface area contributed by atoms with E-state index in [9.17, 15) is 4.79 Å². The first-order chi connectivity index (χ1) is 13.5. The lowest BCUT2D eigenvalue weighted by Crippen LogP contribution is -2.12. The van der Waals surface area contributed by atoms with Crippen molar-refractivity contribution in [3.8, 4) is 11.5 Å². The topological polar surface area (TPSA) is 47.6 Å². The minimum absolute atomic E-state index is 0.228. The summed E-state index contributed by atoms with van der Waals surface area (Å²) in [5.41, 5.74) is 2.86. The predicted molar refractivity (Wildman–Crippen MR) is 113 cm³/mol. The van der Waals surface area contributed by atoms with Gasteiger partial charge in [-0.1, -0.05) is 23.2 Å². The van der Waals surface area contributed by atoms with Crippen molar-refractivity contribution in [1.82, 2.24) is 0 Å². The number of aryl methyl sites for hydroxylation is 1. The second kappa shape index (κ2) is 9.00. The number of anilines is 1. The number of hydrogen-bond donors (Lipinski definition) is 1. The van der Waals surface area contributed by atoms with Crippen LogP contribution >= 0.6 is 23.2 Å². The van der Waals surface area contributed by atoms with Gasteiger partial charge in [-0.2, -0.15) is 0 Å². The smallest absolute Gasteiger partial charge is 0.255 e. The molecule has 3 rings (SSSR count). The lowest BCUT2D eigenvalue weighted by atomic mass is 10.1. The summed E-state index contributed by atoms with van der Waals surface area (Å²) >= 11 is 11.9. The van der Waals surface area contributed by atoms with Gasteiger partial charge in [0.2, 0.25) is 0 Å². The molecule has 28 heavy (non-hydrogen) atoms. The molecule has 0 aliphatic rings. The number of nitrogens with one attached hydrogen (secondary N) is 1. The molecular formula is C22H19Cl2NO3. The van der Waals surface area contributed by atoms with E-state index in [-0.39, 0.29) is 12.5 Å². The minimum Gasteiger partial charge on any atom is -0.496 e. The number of halogens is 2. The molecule has 0 fully saturated rings. The van der Waals surface area contributed by atoms with E-state index in [1.165, 1.54) is 0 Å². The fourth-order valence-corrected chi connectivity index (χ4v) is 2.88. The van der Waals surface area contributed by atoms with Crippen molar-refractivity contribution in [3.05, 3.63) is 87.4 Å². The van der Waals surface area contributed by atoms with E-state index in [4.69, 9.17) is 32.7 Å². The monoisotopic (exact) mass is 415 g/mol. The first-order valence-electron chi connectivity index (χ1n) is 8.59. The summed E-state index contributed by atoms with van der Waals surface area (Å²) < 4.78 is 11.2.